The van der Waals surface area contributed by atoms with E-state index in [0.29, 0.717) is 11.1 Å². The molecule has 10 nitrogen and oxygen atoms in total. The van der Waals surface area contributed by atoms with E-state index in [4.69, 9.17) is 0 Å². The van der Waals surface area contributed by atoms with E-state index in [1.165, 1.54) is 24.3 Å². The molecule has 0 fully saturated rings. The first-order valence-electron chi connectivity index (χ1n) is 11.9. The van der Waals surface area contributed by atoms with Crippen LogP contribution >= 0.6 is 0 Å². The summed E-state index contributed by atoms with van der Waals surface area (Å²) in [5, 5.41) is 64.8. The quantitative estimate of drug-likeness (QED) is 0.180. The Kier molecular flexibility index (Phi) is 4.90. The lowest BCUT2D eigenvalue weighted by Gasteiger charge is -2.24. The van der Waals surface area contributed by atoms with E-state index < -0.39 is 91.0 Å². The van der Waals surface area contributed by atoms with Gasteiger partial charge < -0.3 is 30.6 Å². The summed E-state index contributed by atoms with van der Waals surface area (Å²) in [6.45, 7) is 3.16. The number of rotatable bonds is 1. The molecule has 0 unspecified atom stereocenters. The van der Waals surface area contributed by atoms with Gasteiger partial charge >= 0.3 is 0 Å². The zero-order chi connectivity index (χ0) is 28.9. The highest BCUT2D eigenvalue weighted by Crippen LogP contribution is 2.53. The number of ketones is 4. The fraction of sp³-hybridized carbons (Fsp3) is 0.0667. The lowest BCUT2D eigenvalue weighted by atomic mass is 9.78. The molecular formula is C30H18O10. The molecule has 0 amide bonds. The van der Waals surface area contributed by atoms with Crippen LogP contribution in [0.2, 0.25) is 0 Å². The molecule has 40 heavy (non-hydrogen) atoms. The average molecular weight is 538 g/mol. The first kappa shape index (κ1) is 24.7. The SMILES string of the molecule is Cc1cc(O)c2c(c1)C(=O)c1c(cc(O)c(-c3c(O)cc4c(c3O)C(=O)c3cc(C)cc(O)c3C4=O)c1O)C2=O. The number of phenolic OH excluding ortho intramolecular Hbond substituents is 6. The predicted molar refractivity (Wildman–Crippen MR) is 138 cm³/mol. The van der Waals surface area contributed by atoms with Crippen LogP contribution in [0.4, 0.5) is 0 Å². The van der Waals surface area contributed by atoms with Gasteiger partial charge in [-0.2, -0.15) is 0 Å². The van der Waals surface area contributed by atoms with Gasteiger partial charge in [0.1, 0.15) is 34.5 Å². The van der Waals surface area contributed by atoms with Crippen LogP contribution in [0.3, 0.4) is 0 Å². The number of carbonyl (C=O) groups excluding carboxylic acids is 4. The van der Waals surface area contributed by atoms with Crippen LogP contribution in [0.1, 0.15) is 74.8 Å². The van der Waals surface area contributed by atoms with Crippen LogP contribution in [-0.4, -0.2) is 53.8 Å². The largest absolute Gasteiger partial charge is 0.507 e. The molecule has 10 heteroatoms. The van der Waals surface area contributed by atoms with E-state index in [1.807, 2.05) is 0 Å². The van der Waals surface area contributed by atoms with Gasteiger partial charge in [-0.05, 0) is 61.4 Å². The van der Waals surface area contributed by atoms with E-state index in [9.17, 15) is 49.8 Å². The van der Waals surface area contributed by atoms with Crippen LogP contribution < -0.4 is 0 Å². The molecule has 0 saturated carbocycles. The van der Waals surface area contributed by atoms with Crippen LogP contribution in [0.15, 0.2) is 36.4 Å². The zero-order valence-corrected chi connectivity index (χ0v) is 20.8. The van der Waals surface area contributed by atoms with E-state index in [1.54, 1.807) is 13.8 Å². The van der Waals surface area contributed by atoms with E-state index >= 15 is 0 Å². The van der Waals surface area contributed by atoms with Gasteiger partial charge in [0, 0.05) is 22.3 Å². The third kappa shape index (κ3) is 3.04. The van der Waals surface area contributed by atoms with E-state index in [-0.39, 0.29) is 22.3 Å². The van der Waals surface area contributed by atoms with Gasteiger partial charge in [-0.3, -0.25) is 19.2 Å². The van der Waals surface area contributed by atoms with Gasteiger partial charge in [-0.15, -0.1) is 0 Å². The van der Waals surface area contributed by atoms with Crippen LogP contribution in [-0.2, 0) is 0 Å². The molecular weight excluding hydrogens is 520 g/mol. The summed E-state index contributed by atoms with van der Waals surface area (Å²) in [5.74, 6) is -8.02. The van der Waals surface area contributed by atoms with E-state index in [0.717, 1.165) is 12.1 Å². The van der Waals surface area contributed by atoms with Gasteiger partial charge in [0.05, 0.1) is 33.4 Å². The molecule has 0 spiro atoms. The highest BCUT2D eigenvalue weighted by molar-refractivity contribution is 6.32. The summed E-state index contributed by atoms with van der Waals surface area (Å²) in [4.78, 5) is 53.2. The van der Waals surface area contributed by atoms with Gasteiger partial charge in [0.25, 0.3) is 0 Å². The fourth-order valence-electron chi connectivity index (χ4n) is 5.53. The molecule has 0 saturated heterocycles. The van der Waals surface area contributed by atoms with Crippen molar-refractivity contribution < 1.29 is 49.8 Å². The topological polar surface area (TPSA) is 190 Å². The second-order valence-electron chi connectivity index (χ2n) is 9.81. The number of phenols is 6. The third-order valence-corrected chi connectivity index (χ3v) is 7.22. The molecule has 0 bridgehead atoms. The summed E-state index contributed by atoms with van der Waals surface area (Å²) < 4.78 is 0. The van der Waals surface area contributed by atoms with Crippen LogP contribution in [0.5, 0.6) is 34.5 Å². The average Bonchev–Trinajstić information content (AvgIpc) is 2.86. The number of hydrogen-bond donors (Lipinski definition) is 6. The van der Waals surface area contributed by atoms with Gasteiger partial charge in [-0.1, -0.05) is 0 Å². The first-order valence-corrected chi connectivity index (χ1v) is 11.9. The molecule has 198 valence electrons. The molecule has 0 aliphatic heterocycles. The predicted octanol–water partition coefficient (Wildman–Crippen LogP) is 3.75. The molecule has 0 aromatic heterocycles. The molecule has 6 N–H and O–H groups in total. The molecule has 2 aliphatic rings. The Hall–Kier alpha value is -5.64. The van der Waals surface area contributed by atoms with Crippen molar-refractivity contribution in [1.82, 2.24) is 0 Å². The number of aryl methyl sites for hydroxylation is 2. The molecule has 4 aromatic rings. The second-order valence-corrected chi connectivity index (χ2v) is 9.81. The fourth-order valence-corrected chi connectivity index (χ4v) is 5.53. The summed E-state index contributed by atoms with van der Waals surface area (Å²) in [5.41, 5.74) is -3.43. The number of fused-ring (bicyclic) bond motifs is 4. The minimum Gasteiger partial charge on any atom is -0.507 e. The maximum Gasteiger partial charge on any atom is 0.198 e. The monoisotopic (exact) mass is 538 g/mol. The smallest absolute Gasteiger partial charge is 0.198 e. The number of aromatic hydroxyl groups is 6. The Labute approximate surface area is 224 Å². The minimum absolute atomic E-state index is 0.201. The maximum atomic E-state index is 13.4. The first-order chi connectivity index (χ1) is 18.8. The normalized spacial score (nSPS) is 13.6. The van der Waals surface area contributed by atoms with Crippen molar-refractivity contribution in [2.45, 2.75) is 13.8 Å². The van der Waals surface area contributed by atoms with E-state index in [2.05, 4.69) is 0 Å². The summed E-state index contributed by atoms with van der Waals surface area (Å²) >= 11 is 0. The van der Waals surface area contributed by atoms with Crippen molar-refractivity contribution in [3.05, 3.63) is 92.0 Å². The van der Waals surface area contributed by atoms with Crippen molar-refractivity contribution in [1.29, 1.82) is 0 Å². The molecule has 6 rings (SSSR count). The Bertz CT molecular complexity index is 1810. The third-order valence-electron chi connectivity index (χ3n) is 7.22. The second kappa shape index (κ2) is 7.93. The summed E-state index contributed by atoms with van der Waals surface area (Å²) in [7, 11) is 0. The van der Waals surface area contributed by atoms with Crippen molar-refractivity contribution in [2.75, 3.05) is 0 Å². The number of hydrogen-bond acceptors (Lipinski definition) is 10. The molecule has 4 aromatic carbocycles. The maximum absolute atomic E-state index is 13.4. The van der Waals surface area contributed by atoms with Gasteiger partial charge in [0.2, 0.25) is 0 Å². The number of carbonyl (C=O) groups is 4. The van der Waals surface area contributed by atoms with Crippen LogP contribution in [0.25, 0.3) is 11.1 Å². The Balaban J connectivity index is 1.62. The van der Waals surface area contributed by atoms with Gasteiger partial charge in [-0.25, -0.2) is 0 Å². The standard InChI is InChI=1S/C30H18O10/c1-9-3-11-19(15(31)5-9)25(35)13-7-17(33)23(29(39)21(13)27(11)37)24-18(34)8-14-22(30(24)40)28(38)12-4-10(2)6-16(32)20(12)26(14)36/h3-8,31-34,39-40H,1-2H3. The summed E-state index contributed by atoms with van der Waals surface area (Å²) in [6.07, 6.45) is 0. The molecule has 0 atom stereocenters. The number of benzene rings is 4. The zero-order valence-electron chi connectivity index (χ0n) is 20.8. The van der Waals surface area contributed by atoms with Crippen molar-refractivity contribution in [3.63, 3.8) is 0 Å². The Morgan fingerprint density at radius 2 is 0.650 bits per heavy atom. The van der Waals surface area contributed by atoms with Crippen LogP contribution in [0, 0.1) is 13.8 Å². The van der Waals surface area contributed by atoms with Crippen molar-refractivity contribution >= 4 is 23.1 Å². The Morgan fingerprint density at radius 1 is 0.375 bits per heavy atom. The lowest BCUT2D eigenvalue weighted by molar-refractivity contribution is 0.0973. The minimum atomic E-state index is -0.978. The van der Waals surface area contributed by atoms with Crippen molar-refractivity contribution in [3.8, 4) is 45.6 Å². The highest BCUT2D eigenvalue weighted by Gasteiger charge is 2.40. The molecule has 0 heterocycles. The molecule has 2 aliphatic carbocycles. The van der Waals surface area contributed by atoms with Crippen molar-refractivity contribution in [2.24, 2.45) is 0 Å². The Morgan fingerprint density at radius 3 is 1.00 bits per heavy atom. The highest BCUT2D eigenvalue weighted by atomic mass is 16.3. The van der Waals surface area contributed by atoms with Gasteiger partial charge in [0.15, 0.2) is 23.1 Å². The lowest BCUT2D eigenvalue weighted by Crippen LogP contribution is -2.22. The summed E-state index contributed by atoms with van der Waals surface area (Å²) in [6, 6.07) is 6.94. The molecule has 0 radical (unpaired) electrons.